The average Bonchev–Trinajstić information content (AvgIpc) is 2.54. The summed E-state index contributed by atoms with van der Waals surface area (Å²) >= 11 is 0. The summed E-state index contributed by atoms with van der Waals surface area (Å²) in [4.78, 5) is 17.3. The van der Waals surface area contributed by atoms with Crippen molar-refractivity contribution in [2.24, 2.45) is 0 Å². The van der Waals surface area contributed by atoms with Crippen molar-refractivity contribution < 1.29 is 4.79 Å². The van der Waals surface area contributed by atoms with Crippen LogP contribution < -0.4 is 5.32 Å². The zero-order valence-electron chi connectivity index (χ0n) is 14.1. The Hall–Kier alpha value is -1.39. The molecule has 1 aliphatic heterocycles. The first kappa shape index (κ1) is 17.0. The maximum absolute atomic E-state index is 12.4. The summed E-state index contributed by atoms with van der Waals surface area (Å²) in [6.07, 6.45) is 1.01. The number of nitrogens with one attached hydrogen (secondary N) is 1. The molecule has 0 aliphatic carbocycles. The maximum atomic E-state index is 12.4. The number of hydrogen-bond donors (Lipinski definition) is 1. The molecule has 0 unspecified atom stereocenters. The highest BCUT2D eigenvalue weighted by atomic mass is 16.2. The number of hydrogen-bond acceptors (Lipinski definition) is 3. The van der Waals surface area contributed by atoms with Gasteiger partial charge in [-0.2, -0.15) is 0 Å². The second-order valence-corrected chi connectivity index (χ2v) is 6.75. The van der Waals surface area contributed by atoms with Gasteiger partial charge in [-0.15, -0.1) is 0 Å². The molecule has 4 nitrogen and oxygen atoms in total. The summed E-state index contributed by atoms with van der Waals surface area (Å²) in [5.74, 6) is 0.108. The lowest BCUT2D eigenvalue weighted by Crippen LogP contribution is -2.45. The number of piperazine rings is 1. The van der Waals surface area contributed by atoms with Gasteiger partial charge in [-0.3, -0.25) is 4.79 Å². The van der Waals surface area contributed by atoms with Gasteiger partial charge in [-0.05, 0) is 39.4 Å². The monoisotopic (exact) mass is 303 g/mol. The van der Waals surface area contributed by atoms with Gasteiger partial charge in [0.15, 0.2) is 0 Å². The Kier molecular flexibility index (Phi) is 5.98. The molecular weight excluding hydrogens is 274 g/mol. The third-order valence-electron chi connectivity index (χ3n) is 4.60. The van der Waals surface area contributed by atoms with Gasteiger partial charge in [0, 0.05) is 32.7 Å². The highest BCUT2D eigenvalue weighted by Crippen LogP contribution is 2.22. The van der Waals surface area contributed by atoms with E-state index < -0.39 is 5.41 Å². The van der Waals surface area contributed by atoms with Crippen molar-refractivity contribution in [3.63, 3.8) is 0 Å². The summed E-state index contributed by atoms with van der Waals surface area (Å²) in [6.45, 7) is 10.4. The lowest BCUT2D eigenvalue weighted by Gasteiger charge is -2.32. The number of benzene rings is 1. The van der Waals surface area contributed by atoms with Crippen molar-refractivity contribution in [3.8, 4) is 0 Å². The van der Waals surface area contributed by atoms with Crippen LogP contribution in [0.3, 0.4) is 0 Å². The Morgan fingerprint density at radius 1 is 1.14 bits per heavy atom. The summed E-state index contributed by atoms with van der Waals surface area (Å²) in [5.41, 5.74) is 0.585. The van der Waals surface area contributed by atoms with Gasteiger partial charge in [0.1, 0.15) is 0 Å². The maximum Gasteiger partial charge on any atom is 0.230 e. The van der Waals surface area contributed by atoms with Crippen molar-refractivity contribution in [3.05, 3.63) is 35.9 Å². The Labute approximate surface area is 134 Å². The second-order valence-electron chi connectivity index (χ2n) is 6.75. The molecule has 122 valence electrons. The molecule has 0 aromatic heterocycles. The van der Waals surface area contributed by atoms with E-state index in [-0.39, 0.29) is 5.91 Å². The minimum atomic E-state index is -0.477. The van der Waals surface area contributed by atoms with Gasteiger partial charge in [0.2, 0.25) is 5.91 Å². The van der Waals surface area contributed by atoms with Crippen LogP contribution in [0.25, 0.3) is 0 Å². The number of nitrogens with zero attached hydrogens (tertiary/aromatic N) is 2. The van der Waals surface area contributed by atoms with E-state index in [1.165, 1.54) is 0 Å². The summed E-state index contributed by atoms with van der Waals surface area (Å²) < 4.78 is 0. The van der Waals surface area contributed by atoms with Crippen molar-refractivity contribution in [1.82, 2.24) is 15.1 Å². The minimum Gasteiger partial charge on any atom is -0.355 e. The molecule has 1 saturated heterocycles. The smallest absolute Gasteiger partial charge is 0.230 e. The fourth-order valence-electron chi connectivity index (χ4n) is 2.78. The van der Waals surface area contributed by atoms with Crippen molar-refractivity contribution >= 4 is 5.91 Å². The zero-order chi connectivity index (χ0) is 16.0. The van der Waals surface area contributed by atoms with Crippen LogP contribution in [0.2, 0.25) is 0 Å². The third-order valence-corrected chi connectivity index (χ3v) is 4.60. The average molecular weight is 303 g/mol. The van der Waals surface area contributed by atoms with Gasteiger partial charge in [0.05, 0.1) is 5.41 Å². The van der Waals surface area contributed by atoms with E-state index in [1.54, 1.807) is 0 Å². The predicted molar refractivity (Wildman–Crippen MR) is 91.0 cm³/mol. The molecular formula is C18H29N3O. The first-order chi connectivity index (χ1) is 10.5. The summed E-state index contributed by atoms with van der Waals surface area (Å²) in [6, 6.07) is 9.98. The molecule has 0 saturated carbocycles. The SMILES string of the molecule is CN1CCN(CCCNC(=O)C(C)(C)c2ccccc2)CC1. The van der Waals surface area contributed by atoms with Crippen molar-refractivity contribution in [1.29, 1.82) is 0 Å². The highest BCUT2D eigenvalue weighted by molar-refractivity contribution is 5.87. The number of amides is 1. The Morgan fingerprint density at radius 2 is 1.77 bits per heavy atom. The fraction of sp³-hybridized carbons (Fsp3) is 0.611. The molecule has 0 atom stereocenters. The number of rotatable bonds is 6. The third kappa shape index (κ3) is 4.55. The Balaban J connectivity index is 1.71. The van der Waals surface area contributed by atoms with Crippen molar-refractivity contribution in [2.75, 3.05) is 46.3 Å². The first-order valence-corrected chi connectivity index (χ1v) is 8.25. The van der Waals surface area contributed by atoms with Gasteiger partial charge < -0.3 is 15.1 Å². The quantitative estimate of drug-likeness (QED) is 0.813. The van der Waals surface area contributed by atoms with Crippen LogP contribution in [-0.2, 0) is 10.2 Å². The molecule has 1 N–H and O–H groups in total. The minimum absolute atomic E-state index is 0.108. The summed E-state index contributed by atoms with van der Waals surface area (Å²) in [5, 5.41) is 3.09. The van der Waals surface area contributed by atoms with E-state index in [2.05, 4.69) is 22.2 Å². The molecule has 2 rings (SSSR count). The molecule has 1 amide bonds. The predicted octanol–water partition coefficient (Wildman–Crippen LogP) is 1.72. The van der Waals surface area contributed by atoms with E-state index in [1.807, 2.05) is 44.2 Å². The van der Waals surface area contributed by atoms with Gasteiger partial charge in [-0.25, -0.2) is 0 Å². The number of carbonyl (C=O) groups is 1. The molecule has 1 aliphatic rings. The zero-order valence-corrected chi connectivity index (χ0v) is 14.1. The molecule has 1 heterocycles. The number of carbonyl (C=O) groups excluding carboxylic acids is 1. The van der Waals surface area contributed by atoms with Gasteiger partial charge in [-0.1, -0.05) is 30.3 Å². The molecule has 1 fully saturated rings. The van der Waals surface area contributed by atoms with Crippen LogP contribution in [0, 0.1) is 0 Å². The molecule has 0 spiro atoms. The lowest BCUT2D eigenvalue weighted by atomic mass is 9.84. The Morgan fingerprint density at radius 3 is 2.41 bits per heavy atom. The second kappa shape index (κ2) is 7.75. The lowest BCUT2D eigenvalue weighted by molar-refractivity contribution is -0.125. The van der Waals surface area contributed by atoms with E-state index in [4.69, 9.17) is 0 Å². The topological polar surface area (TPSA) is 35.6 Å². The van der Waals surface area contributed by atoms with Crippen LogP contribution in [0.15, 0.2) is 30.3 Å². The van der Waals surface area contributed by atoms with E-state index >= 15 is 0 Å². The standard InChI is InChI=1S/C18H29N3O/c1-18(2,16-8-5-4-6-9-16)17(22)19-10-7-11-21-14-12-20(3)13-15-21/h4-6,8-9H,7,10-15H2,1-3H3,(H,19,22). The molecule has 0 radical (unpaired) electrons. The van der Waals surface area contributed by atoms with Gasteiger partial charge in [0.25, 0.3) is 0 Å². The van der Waals surface area contributed by atoms with Crippen LogP contribution in [0.4, 0.5) is 0 Å². The molecule has 1 aromatic rings. The highest BCUT2D eigenvalue weighted by Gasteiger charge is 2.29. The molecule has 22 heavy (non-hydrogen) atoms. The van der Waals surface area contributed by atoms with E-state index in [0.717, 1.165) is 51.3 Å². The van der Waals surface area contributed by atoms with Crippen LogP contribution >= 0.6 is 0 Å². The summed E-state index contributed by atoms with van der Waals surface area (Å²) in [7, 11) is 2.17. The molecule has 0 bridgehead atoms. The normalized spacial score (nSPS) is 17.4. The first-order valence-electron chi connectivity index (χ1n) is 8.25. The van der Waals surface area contributed by atoms with E-state index in [9.17, 15) is 4.79 Å². The van der Waals surface area contributed by atoms with Crippen LogP contribution in [0.1, 0.15) is 25.8 Å². The fourth-order valence-corrected chi connectivity index (χ4v) is 2.78. The number of likely N-dealkylation sites (N-methyl/N-ethyl adjacent to an activating group) is 1. The van der Waals surface area contributed by atoms with Gasteiger partial charge >= 0.3 is 0 Å². The molecule has 4 heteroatoms. The van der Waals surface area contributed by atoms with Crippen LogP contribution in [0.5, 0.6) is 0 Å². The Bertz CT molecular complexity index is 464. The van der Waals surface area contributed by atoms with Crippen LogP contribution in [-0.4, -0.2) is 62.0 Å². The largest absolute Gasteiger partial charge is 0.355 e. The molecule has 1 aromatic carbocycles. The van der Waals surface area contributed by atoms with Crippen molar-refractivity contribution in [2.45, 2.75) is 25.7 Å². The van der Waals surface area contributed by atoms with E-state index in [0.29, 0.717) is 0 Å².